The second-order valence-electron chi connectivity index (χ2n) is 7.05. The van der Waals surface area contributed by atoms with Crippen molar-refractivity contribution in [3.05, 3.63) is 80.4 Å². The van der Waals surface area contributed by atoms with Crippen LogP contribution in [0.1, 0.15) is 5.76 Å². The number of benzene rings is 2. The number of furan rings is 1. The molecule has 0 aliphatic carbocycles. The number of hydrogen-bond donors (Lipinski definition) is 0. The van der Waals surface area contributed by atoms with E-state index in [9.17, 15) is 14.9 Å². The van der Waals surface area contributed by atoms with E-state index in [2.05, 4.69) is 0 Å². The average molecular weight is 486 g/mol. The molecule has 10 heteroatoms. The number of nitro benzene ring substituents is 1. The molecule has 0 atom stereocenters. The van der Waals surface area contributed by atoms with E-state index in [1.165, 1.54) is 28.8 Å². The fourth-order valence-electron chi connectivity index (χ4n) is 3.11. The first kappa shape index (κ1) is 22.1. The first-order valence-electron chi connectivity index (χ1n) is 9.34. The summed E-state index contributed by atoms with van der Waals surface area (Å²) >= 11 is 12.5. The van der Waals surface area contributed by atoms with Crippen LogP contribution in [0, 0.1) is 10.1 Å². The SMILES string of the molecule is CN(C)c1ccc(N2C(=O)/C(=C\c3ccc(-c4ccc(Cl)c([N+](=O)[O-])c4)o3)SC2=S)cc1. The molecule has 1 fully saturated rings. The summed E-state index contributed by atoms with van der Waals surface area (Å²) in [6.45, 7) is 0. The molecule has 0 radical (unpaired) electrons. The molecule has 2 aromatic carbocycles. The van der Waals surface area contributed by atoms with E-state index in [1.54, 1.807) is 24.3 Å². The topological polar surface area (TPSA) is 79.8 Å². The summed E-state index contributed by atoms with van der Waals surface area (Å²) in [6.07, 6.45) is 1.61. The van der Waals surface area contributed by atoms with Gasteiger partial charge in [-0.2, -0.15) is 0 Å². The predicted molar refractivity (Wildman–Crippen MR) is 132 cm³/mol. The van der Waals surface area contributed by atoms with Crippen LogP contribution >= 0.6 is 35.6 Å². The first-order chi connectivity index (χ1) is 15.2. The number of nitrogens with zero attached hydrogens (tertiary/aromatic N) is 3. The van der Waals surface area contributed by atoms with Gasteiger partial charge < -0.3 is 9.32 Å². The van der Waals surface area contributed by atoms with E-state index < -0.39 is 4.92 Å². The van der Waals surface area contributed by atoms with Gasteiger partial charge in [0.25, 0.3) is 11.6 Å². The monoisotopic (exact) mass is 485 g/mol. The lowest BCUT2D eigenvalue weighted by Crippen LogP contribution is -2.27. The van der Waals surface area contributed by atoms with Crippen molar-refractivity contribution in [2.75, 3.05) is 23.9 Å². The molecule has 0 unspecified atom stereocenters. The number of nitro groups is 1. The number of thiocarbonyl (C=S) groups is 1. The van der Waals surface area contributed by atoms with Gasteiger partial charge in [0.05, 0.1) is 15.5 Å². The van der Waals surface area contributed by atoms with Crippen molar-refractivity contribution >= 4 is 68.9 Å². The Hall–Kier alpha value is -3.14. The number of thioether (sulfide) groups is 1. The third-order valence-electron chi connectivity index (χ3n) is 4.75. The van der Waals surface area contributed by atoms with Crippen LogP contribution in [-0.2, 0) is 4.79 Å². The predicted octanol–water partition coefficient (Wildman–Crippen LogP) is 5.98. The van der Waals surface area contributed by atoms with Crippen LogP contribution in [0.4, 0.5) is 17.1 Å². The Bertz CT molecular complexity index is 1270. The van der Waals surface area contributed by atoms with Gasteiger partial charge >= 0.3 is 0 Å². The van der Waals surface area contributed by atoms with E-state index in [4.69, 9.17) is 28.2 Å². The molecule has 1 aliphatic rings. The quantitative estimate of drug-likeness (QED) is 0.190. The minimum Gasteiger partial charge on any atom is -0.457 e. The summed E-state index contributed by atoms with van der Waals surface area (Å²) in [7, 11) is 3.88. The molecule has 7 nitrogen and oxygen atoms in total. The van der Waals surface area contributed by atoms with E-state index in [0.29, 0.717) is 32.0 Å². The lowest BCUT2D eigenvalue weighted by Gasteiger charge is -2.17. The highest BCUT2D eigenvalue weighted by Gasteiger charge is 2.33. The van der Waals surface area contributed by atoms with E-state index in [0.717, 1.165) is 5.69 Å². The minimum atomic E-state index is -0.550. The number of anilines is 2. The Labute approximate surface area is 198 Å². The molecule has 3 aromatic rings. The van der Waals surface area contributed by atoms with Crippen LogP contribution in [0.2, 0.25) is 5.02 Å². The van der Waals surface area contributed by atoms with Gasteiger partial charge in [-0.05, 0) is 48.5 Å². The molecule has 32 heavy (non-hydrogen) atoms. The number of carbonyl (C=O) groups is 1. The Morgan fingerprint density at radius 3 is 2.53 bits per heavy atom. The van der Waals surface area contributed by atoms with Gasteiger partial charge in [0.15, 0.2) is 4.32 Å². The maximum absolute atomic E-state index is 13.0. The molecule has 0 spiro atoms. The molecule has 1 saturated heterocycles. The summed E-state index contributed by atoms with van der Waals surface area (Å²) in [6, 6.07) is 15.3. The third-order valence-corrected chi connectivity index (χ3v) is 6.37. The van der Waals surface area contributed by atoms with Gasteiger partial charge in [0.1, 0.15) is 16.5 Å². The fourth-order valence-corrected chi connectivity index (χ4v) is 4.58. The van der Waals surface area contributed by atoms with Gasteiger partial charge in [-0.3, -0.25) is 19.8 Å². The maximum Gasteiger partial charge on any atom is 0.288 e. The summed E-state index contributed by atoms with van der Waals surface area (Å²) in [5, 5.41) is 11.2. The zero-order chi connectivity index (χ0) is 23.0. The number of amides is 1. The van der Waals surface area contributed by atoms with Crippen molar-refractivity contribution in [2.45, 2.75) is 0 Å². The number of halogens is 1. The minimum absolute atomic E-state index is 0.0489. The van der Waals surface area contributed by atoms with Crippen LogP contribution in [0.15, 0.2) is 63.9 Å². The van der Waals surface area contributed by atoms with E-state index in [-0.39, 0.29) is 16.6 Å². The normalized spacial score (nSPS) is 15.0. The highest BCUT2D eigenvalue weighted by molar-refractivity contribution is 8.27. The highest BCUT2D eigenvalue weighted by Crippen LogP contribution is 2.37. The standard InChI is InChI=1S/C22H16ClN3O4S2/c1-24(2)14-4-6-15(7-5-14)25-21(27)20(32-22(25)31)12-16-8-10-19(30-16)13-3-9-17(23)18(11-13)26(28)29/h3-12H,1-2H3/b20-12+. The lowest BCUT2D eigenvalue weighted by atomic mass is 10.1. The molecule has 1 amide bonds. The van der Waals surface area contributed by atoms with Crippen LogP contribution in [-0.4, -0.2) is 29.2 Å². The van der Waals surface area contributed by atoms with Gasteiger partial charge in [0, 0.05) is 37.5 Å². The number of rotatable bonds is 5. The Morgan fingerprint density at radius 2 is 1.88 bits per heavy atom. The fraction of sp³-hybridized carbons (Fsp3) is 0.0909. The third kappa shape index (κ3) is 4.27. The number of carbonyl (C=O) groups excluding carboxylic acids is 1. The summed E-state index contributed by atoms with van der Waals surface area (Å²) in [5.74, 6) is 0.615. The molecular weight excluding hydrogens is 470 g/mol. The zero-order valence-corrected chi connectivity index (χ0v) is 19.3. The van der Waals surface area contributed by atoms with E-state index >= 15 is 0 Å². The van der Waals surface area contributed by atoms with Crippen molar-refractivity contribution in [3.63, 3.8) is 0 Å². The summed E-state index contributed by atoms with van der Waals surface area (Å²) in [4.78, 5) is 27.4. The molecule has 2 heterocycles. The Kier molecular flexibility index (Phi) is 6.05. The second kappa shape index (κ2) is 8.78. The largest absolute Gasteiger partial charge is 0.457 e. The highest BCUT2D eigenvalue weighted by atomic mass is 35.5. The molecule has 162 valence electrons. The summed E-state index contributed by atoms with van der Waals surface area (Å²) in [5.41, 5.74) is 2.01. The van der Waals surface area contributed by atoms with Crippen LogP contribution in [0.25, 0.3) is 17.4 Å². The van der Waals surface area contributed by atoms with Crippen molar-refractivity contribution in [2.24, 2.45) is 0 Å². The molecule has 0 saturated carbocycles. The van der Waals surface area contributed by atoms with E-state index in [1.807, 2.05) is 43.3 Å². The second-order valence-corrected chi connectivity index (χ2v) is 9.14. The number of hydrogen-bond acceptors (Lipinski definition) is 7. The van der Waals surface area contributed by atoms with Crippen molar-refractivity contribution in [3.8, 4) is 11.3 Å². The van der Waals surface area contributed by atoms with Gasteiger partial charge in [0.2, 0.25) is 0 Å². The van der Waals surface area contributed by atoms with Crippen LogP contribution in [0.3, 0.4) is 0 Å². The lowest BCUT2D eigenvalue weighted by molar-refractivity contribution is -0.384. The van der Waals surface area contributed by atoms with Crippen molar-refractivity contribution in [1.29, 1.82) is 0 Å². The molecule has 0 N–H and O–H groups in total. The Balaban J connectivity index is 1.58. The van der Waals surface area contributed by atoms with Crippen LogP contribution < -0.4 is 9.80 Å². The molecule has 1 aliphatic heterocycles. The molecule has 1 aromatic heterocycles. The first-order valence-corrected chi connectivity index (χ1v) is 10.9. The molecule has 4 rings (SSSR count). The van der Waals surface area contributed by atoms with Gasteiger partial charge in [-0.1, -0.05) is 35.6 Å². The average Bonchev–Trinajstić information content (AvgIpc) is 3.32. The van der Waals surface area contributed by atoms with Gasteiger partial charge in [-0.15, -0.1) is 0 Å². The maximum atomic E-state index is 13.0. The van der Waals surface area contributed by atoms with Crippen molar-refractivity contribution < 1.29 is 14.1 Å². The smallest absolute Gasteiger partial charge is 0.288 e. The molecular formula is C22H16ClN3O4S2. The molecule has 0 bridgehead atoms. The van der Waals surface area contributed by atoms with Crippen molar-refractivity contribution in [1.82, 2.24) is 0 Å². The Morgan fingerprint density at radius 1 is 1.16 bits per heavy atom. The van der Waals surface area contributed by atoms with Gasteiger partial charge in [-0.25, -0.2) is 0 Å². The van der Waals surface area contributed by atoms with Crippen LogP contribution in [0.5, 0.6) is 0 Å². The zero-order valence-electron chi connectivity index (χ0n) is 16.9. The summed E-state index contributed by atoms with van der Waals surface area (Å²) < 4.78 is 6.23.